The SMILES string of the molecule is C=CC(=O)N1CCN(c2nc(OC[C@@H]3CCCN3C)nn3c(Cc4cccc5[nH]ncc45)cnc23)C[C@@H]1CC(N)=O. The number of ether oxygens (including phenoxy) is 1. The van der Waals surface area contributed by atoms with Crippen LogP contribution >= 0.6 is 0 Å². The number of aromatic nitrogens is 6. The number of nitrogens with zero attached hydrogens (tertiary/aromatic N) is 8. The second-order valence-corrected chi connectivity index (χ2v) is 10.7. The molecule has 2 aliphatic rings. The molecule has 214 valence electrons. The van der Waals surface area contributed by atoms with Crippen molar-refractivity contribution in [1.82, 2.24) is 39.6 Å². The molecule has 2 amide bonds. The van der Waals surface area contributed by atoms with Crippen molar-refractivity contribution in [3.63, 3.8) is 0 Å². The first-order valence-corrected chi connectivity index (χ1v) is 13.9. The van der Waals surface area contributed by atoms with Gasteiger partial charge in [0.15, 0.2) is 11.5 Å². The van der Waals surface area contributed by atoms with Crippen LogP contribution in [0.2, 0.25) is 0 Å². The number of hydrogen-bond acceptors (Lipinski definition) is 9. The van der Waals surface area contributed by atoms with Crippen molar-refractivity contribution in [1.29, 1.82) is 0 Å². The number of imidazole rings is 1. The lowest BCUT2D eigenvalue weighted by molar-refractivity contribution is -0.130. The molecule has 3 aromatic heterocycles. The lowest BCUT2D eigenvalue weighted by Gasteiger charge is -2.41. The predicted molar refractivity (Wildman–Crippen MR) is 153 cm³/mol. The van der Waals surface area contributed by atoms with Gasteiger partial charge in [0.2, 0.25) is 11.8 Å². The number of hydrogen-bond donors (Lipinski definition) is 2. The summed E-state index contributed by atoms with van der Waals surface area (Å²) in [5.41, 5.74) is 9.05. The molecule has 3 N–H and O–H groups in total. The lowest BCUT2D eigenvalue weighted by Crippen LogP contribution is -2.56. The summed E-state index contributed by atoms with van der Waals surface area (Å²) in [6, 6.07) is 6.18. The molecule has 13 heteroatoms. The van der Waals surface area contributed by atoms with Crippen molar-refractivity contribution < 1.29 is 14.3 Å². The highest BCUT2D eigenvalue weighted by molar-refractivity contribution is 5.88. The van der Waals surface area contributed by atoms with E-state index in [9.17, 15) is 9.59 Å². The van der Waals surface area contributed by atoms with Gasteiger partial charge in [0, 0.05) is 43.9 Å². The first-order valence-electron chi connectivity index (χ1n) is 13.9. The topological polar surface area (TPSA) is 151 Å². The minimum absolute atomic E-state index is 0.0310. The number of carbonyl (C=O) groups excluding carboxylic acids is 2. The highest BCUT2D eigenvalue weighted by atomic mass is 16.5. The Bertz CT molecular complexity index is 1600. The van der Waals surface area contributed by atoms with E-state index in [1.165, 1.54) is 6.08 Å². The molecule has 13 nitrogen and oxygen atoms in total. The second-order valence-electron chi connectivity index (χ2n) is 10.7. The fraction of sp³-hybridized carbons (Fsp3) is 0.429. The molecule has 0 saturated carbocycles. The van der Waals surface area contributed by atoms with E-state index in [0.29, 0.717) is 50.2 Å². The van der Waals surface area contributed by atoms with Crippen LogP contribution in [0.5, 0.6) is 6.01 Å². The van der Waals surface area contributed by atoms with E-state index in [1.807, 2.05) is 23.2 Å². The van der Waals surface area contributed by atoms with Gasteiger partial charge in [-0.1, -0.05) is 18.7 Å². The lowest BCUT2D eigenvalue weighted by atomic mass is 10.1. The molecule has 5 heterocycles. The zero-order chi connectivity index (χ0) is 28.5. The van der Waals surface area contributed by atoms with E-state index in [2.05, 4.69) is 34.8 Å². The third-order valence-corrected chi connectivity index (χ3v) is 8.10. The molecule has 4 aromatic rings. The Kier molecular flexibility index (Phi) is 7.26. The van der Waals surface area contributed by atoms with Crippen molar-refractivity contribution in [2.24, 2.45) is 5.73 Å². The quantitative estimate of drug-likeness (QED) is 0.288. The van der Waals surface area contributed by atoms with E-state index < -0.39 is 11.9 Å². The first kappa shape index (κ1) is 26.7. The number of amides is 2. The summed E-state index contributed by atoms with van der Waals surface area (Å²) >= 11 is 0. The van der Waals surface area contributed by atoms with Gasteiger partial charge in [-0.25, -0.2) is 9.50 Å². The monoisotopic (exact) mass is 558 g/mol. The normalized spacial score (nSPS) is 19.7. The highest BCUT2D eigenvalue weighted by Gasteiger charge is 2.33. The van der Waals surface area contributed by atoms with Crippen LogP contribution in [-0.2, 0) is 16.0 Å². The first-order chi connectivity index (χ1) is 19.9. The number of likely N-dealkylation sites (N-methyl/N-ethyl adjacent to an activating group) is 1. The molecule has 1 aromatic carbocycles. The molecule has 2 fully saturated rings. The third kappa shape index (κ3) is 5.32. The molecule has 6 rings (SSSR count). The van der Waals surface area contributed by atoms with Gasteiger partial charge < -0.3 is 25.2 Å². The van der Waals surface area contributed by atoms with Crippen molar-refractivity contribution in [2.45, 2.75) is 37.8 Å². The van der Waals surface area contributed by atoms with Gasteiger partial charge in [0.1, 0.15) is 6.61 Å². The van der Waals surface area contributed by atoms with Crippen molar-refractivity contribution in [3.8, 4) is 6.01 Å². The standard InChI is InChI=1S/C28H34N10O3/c1-3-25(40)37-11-10-36(16-21(37)13-24(29)39)27-26-30-14-20(12-18-6-4-8-23-22(18)15-31-33-23)38(26)34-28(32-27)41-17-19-7-5-9-35(19)2/h3-4,6,8,14-15,19,21H,1,5,7,9-13,16-17H2,2H3,(H2,29,39)(H,31,33)/t19-,21-/m0/s1. The number of anilines is 1. The molecular weight excluding hydrogens is 524 g/mol. The number of fused-ring (bicyclic) bond motifs is 2. The van der Waals surface area contributed by atoms with Gasteiger partial charge in [-0.05, 0) is 44.1 Å². The number of piperazine rings is 1. The molecule has 0 spiro atoms. The fourth-order valence-electron chi connectivity index (χ4n) is 5.89. The number of benzene rings is 1. The van der Waals surface area contributed by atoms with Crippen LogP contribution in [0.3, 0.4) is 0 Å². The molecule has 0 radical (unpaired) electrons. The maximum Gasteiger partial charge on any atom is 0.336 e. The summed E-state index contributed by atoms with van der Waals surface area (Å²) in [5, 5.41) is 13.0. The Morgan fingerprint density at radius 2 is 2.10 bits per heavy atom. The molecule has 0 unspecified atom stereocenters. The summed E-state index contributed by atoms with van der Waals surface area (Å²) in [6.07, 6.45) is 7.69. The number of H-pyrrole nitrogens is 1. The van der Waals surface area contributed by atoms with Gasteiger partial charge >= 0.3 is 6.01 Å². The molecule has 41 heavy (non-hydrogen) atoms. The van der Waals surface area contributed by atoms with Crippen molar-refractivity contribution >= 4 is 34.2 Å². The Labute approximate surface area is 237 Å². The Morgan fingerprint density at radius 3 is 2.88 bits per heavy atom. The van der Waals surface area contributed by atoms with Gasteiger partial charge in [-0.15, -0.1) is 5.10 Å². The van der Waals surface area contributed by atoms with Gasteiger partial charge in [0.25, 0.3) is 0 Å². The molecule has 2 atom stereocenters. The number of nitrogens with two attached hydrogens (primary N) is 1. The van der Waals surface area contributed by atoms with Gasteiger partial charge in [-0.2, -0.15) is 10.1 Å². The number of likely N-dealkylation sites (tertiary alicyclic amines) is 1. The minimum Gasteiger partial charge on any atom is -0.461 e. The Balaban J connectivity index is 1.36. The number of primary amides is 1. The number of rotatable bonds is 9. The fourth-order valence-corrected chi connectivity index (χ4v) is 5.89. The van der Waals surface area contributed by atoms with Crippen LogP contribution in [0.1, 0.15) is 30.5 Å². The van der Waals surface area contributed by atoms with Crippen LogP contribution < -0.4 is 15.4 Å². The largest absolute Gasteiger partial charge is 0.461 e. The van der Waals surface area contributed by atoms with Gasteiger partial charge in [-0.3, -0.25) is 14.7 Å². The van der Waals surface area contributed by atoms with Gasteiger partial charge in [0.05, 0.1) is 29.6 Å². The van der Waals surface area contributed by atoms with E-state index in [4.69, 9.17) is 25.5 Å². The van der Waals surface area contributed by atoms with E-state index in [-0.39, 0.29) is 18.3 Å². The summed E-state index contributed by atoms with van der Waals surface area (Å²) < 4.78 is 7.99. The van der Waals surface area contributed by atoms with Crippen LogP contribution in [0, 0.1) is 0 Å². The average Bonchev–Trinajstić information content (AvgIpc) is 3.71. The van der Waals surface area contributed by atoms with E-state index >= 15 is 0 Å². The maximum atomic E-state index is 12.5. The van der Waals surface area contributed by atoms with E-state index in [1.54, 1.807) is 15.6 Å². The maximum absolute atomic E-state index is 12.5. The zero-order valence-electron chi connectivity index (χ0n) is 23.1. The summed E-state index contributed by atoms with van der Waals surface area (Å²) in [5.74, 6) is -0.125. The van der Waals surface area contributed by atoms with Crippen molar-refractivity contribution in [2.75, 3.05) is 44.7 Å². The number of nitrogens with one attached hydrogen (secondary N) is 1. The molecule has 2 saturated heterocycles. The Hall–Kier alpha value is -4.52. The average molecular weight is 559 g/mol. The Morgan fingerprint density at radius 1 is 1.22 bits per heavy atom. The van der Waals surface area contributed by atoms with Crippen LogP contribution in [0.4, 0.5) is 5.82 Å². The van der Waals surface area contributed by atoms with Crippen LogP contribution in [0.15, 0.2) is 43.2 Å². The summed E-state index contributed by atoms with van der Waals surface area (Å²) in [6.45, 7) is 6.36. The number of carbonyl (C=O) groups is 2. The molecular formula is C28H34N10O3. The molecule has 0 bridgehead atoms. The highest BCUT2D eigenvalue weighted by Crippen LogP contribution is 2.27. The predicted octanol–water partition coefficient (Wildman–Crippen LogP) is 1.14. The molecule has 0 aliphatic carbocycles. The summed E-state index contributed by atoms with van der Waals surface area (Å²) in [7, 11) is 2.10. The third-order valence-electron chi connectivity index (χ3n) is 8.10. The van der Waals surface area contributed by atoms with Crippen LogP contribution in [0.25, 0.3) is 16.6 Å². The number of aromatic amines is 1. The van der Waals surface area contributed by atoms with E-state index in [0.717, 1.165) is 41.5 Å². The molecule has 2 aliphatic heterocycles. The summed E-state index contributed by atoms with van der Waals surface area (Å²) in [4.78, 5) is 39.9. The minimum atomic E-state index is -0.479. The smallest absolute Gasteiger partial charge is 0.336 e. The second kappa shape index (κ2) is 11.2. The van der Waals surface area contributed by atoms with Crippen molar-refractivity contribution in [3.05, 3.63) is 54.5 Å². The van der Waals surface area contributed by atoms with Crippen LogP contribution in [-0.4, -0.2) is 103 Å². The zero-order valence-corrected chi connectivity index (χ0v) is 23.1.